The van der Waals surface area contributed by atoms with E-state index in [0.717, 1.165) is 22.3 Å². The number of carbonyl (C=O) groups is 3. The fraction of sp³-hybridized carbons (Fsp3) is 0.464. The van der Waals surface area contributed by atoms with Gasteiger partial charge < -0.3 is 30.5 Å². The van der Waals surface area contributed by atoms with Crippen molar-refractivity contribution in [3.05, 3.63) is 64.2 Å². The molecule has 0 bridgehead atoms. The van der Waals surface area contributed by atoms with Gasteiger partial charge in [-0.2, -0.15) is 0 Å². The second-order valence-corrected chi connectivity index (χ2v) is 10.2. The van der Waals surface area contributed by atoms with Crippen LogP contribution in [0.3, 0.4) is 0 Å². The molecule has 0 aromatic heterocycles. The number of ether oxygens (including phenoxy) is 1. The summed E-state index contributed by atoms with van der Waals surface area (Å²) in [5, 5.41) is 25.1. The van der Waals surface area contributed by atoms with Gasteiger partial charge in [0.15, 0.2) is 0 Å². The SMILES string of the molecule is Cc1cc(C)cc(C(C(=O)Nc2c(C)cccc2C)N(CCO)C(=O)C(CO)NC(=O)OC(C)(C)C)c1. The standard InChI is InChI=1S/C28H39N3O6/c1-17-13-18(2)15-21(14-17)24(25(34)30-23-19(3)9-8-10-20(23)4)31(11-12-32)26(35)22(16-33)29-27(36)37-28(5,6)7/h8-10,13-15,22,24,32-33H,11-12,16H2,1-7H3,(H,29,36)(H,30,34). The number of amides is 3. The summed E-state index contributed by atoms with van der Waals surface area (Å²) in [5.41, 5.74) is 3.84. The van der Waals surface area contributed by atoms with E-state index >= 15 is 0 Å². The number of alkyl carbamates (subject to hydrolysis) is 1. The molecule has 0 saturated carbocycles. The van der Waals surface area contributed by atoms with Crippen molar-refractivity contribution in [2.75, 3.05) is 25.1 Å². The third-order valence-corrected chi connectivity index (χ3v) is 5.64. The Morgan fingerprint density at radius 3 is 2.03 bits per heavy atom. The second-order valence-electron chi connectivity index (χ2n) is 10.2. The minimum Gasteiger partial charge on any atom is -0.444 e. The van der Waals surface area contributed by atoms with Gasteiger partial charge in [-0.3, -0.25) is 9.59 Å². The molecule has 2 aromatic carbocycles. The molecule has 0 aliphatic rings. The molecule has 9 heteroatoms. The van der Waals surface area contributed by atoms with Gasteiger partial charge in [-0.25, -0.2) is 4.79 Å². The summed E-state index contributed by atoms with van der Waals surface area (Å²) in [7, 11) is 0. The van der Waals surface area contributed by atoms with Crippen LogP contribution in [0.4, 0.5) is 10.5 Å². The van der Waals surface area contributed by atoms with E-state index in [4.69, 9.17) is 4.74 Å². The summed E-state index contributed by atoms with van der Waals surface area (Å²) >= 11 is 0. The zero-order valence-electron chi connectivity index (χ0n) is 22.7. The molecule has 0 aliphatic heterocycles. The highest BCUT2D eigenvalue weighted by Crippen LogP contribution is 2.28. The zero-order valence-corrected chi connectivity index (χ0v) is 22.7. The Kier molecular flexibility index (Phi) is 10.2. The first kappa shape index (κ1) is 29.8. The maximum Gasteiger partial charge on any atom is 0.408 e. The van der Waals surface area contributed by atoms with Crippen molar-refractivity contribution in [1.29, 1.82) is 0 Å². The molecule has 0 fully saturated rings. The number of benzene rings is 2. The van der Waals surface area contributed by atoms with Crippen LogP contribution in [0.2, 0.25) is 0 Å². The molecule has 0 radical (unpaired) electrons. The summed E-state index contributed by atoms with van der Waals surface area (Å²) in [6, 6.07) is 8.65. The second kappa shape index (κ2) is 12.7. The van der Waals surface area contributed by atoms with Gasteiger partial charge in [-0.1, -0.05) is 47.5 Å². The Morgan fingerprint density at radius 2 is 1.54 bits per heavy atom. The highest BCUT2D eigenvalue weighted by atomic mass is 16.6. The molecule has 2 unspecified atom stereocenters. The molecule has 2 rings (SSSR count). The Hall–Kier alpha value is -3.43. The number of aliphatic hydroxyl groups is 2. The topological polar surface area (TPSA) is 128 Å². The van der Waals surface area contributed by atoms with E-state index in [1.165, 1.54) is 4.90 Å². The molecular weight excluding hydrogens is 474 g/mol. The first-order valence-electron chi connectivity index (χ1n) is 12.2. The fourth-order valence-corrected chi connectivity index (χ4v) is 4.15. The molecule has 3 amide bonds. The predicted octanol–water partition coefficient (Wildman–Crippen LogP) is 3.31. The first-order chi connectivity index (χ1) is 17.3. The number of aryl methyl sites for hydroxylation is 4. The van der Waals surface area contributed by atoms with Crippen LogP contribution in [0.25, 0.3) is 0 Å². The molecule has 2 aromatic rings. The Morgan fingerprint density at radius 1 is 0.973 bits per heavy atom. The Labute approximate surface area is 218 Å². The van der Waals surface area contributed by atoms with Crippen LogP contribution >= 0.6 is 0 Å². The lowest BCUT2D eigenvalue weighted by atomic mass is 9.98. The fourth-order valence-electron chi connectivity index (χ4n) is 4.15. The monoisotopic (exact) mass is 513 g/mol. The largest absolute Gasteiger partial charge is 0.444 e. The summed E-state index contributed by atoms with van der Waals surface area (Å²) in [5.74, 6) is -1.22. The van der Waals surface area contributed by atoms with Gasteiger partial charge in [0, 0.05) is 12.2 Å². The average molecular weight is 514 g/mol. The van der Waals surface area contributed by atoms with Gasteiger partial charge in [-0.05, 0) is 65.2 Å². The van der Waals surface area contributed by atoms with Crippen molar-refractivity contribution in [1.82, 2.24) is 10.2 Å². The van der Waals surface area contributed by atoms with Crippen LogP contribution in [0, 0.1) is 27.7 Å². The number of carbonyl (C=O) groups excluding carboxylic acids is 3. The molecular formula is C28H39N3O6. The van der Waals surface area contributed by atoms with Crippen molar-refractivity contribution in [3.8, 4) is 0 Å². The zero-order chi connectivity index (χ0) is 27.9. The van der Waals surface area contributed by atoms with Gasteiger partial charge in [-0.15, -0.1) is 0 Å². The number of nitrogens with one attached hydrogen (secondary N) is 2. The Bertz CT molecular complexity index is 1080. The molecule has 9 nitrogen and oxygen atoms in total. The average Bonchev–Trinajstić information content (AvgIpc) is 2.77. The number of aliphatic hydroxyl groups excluding tert-OH is 2. The summed E-state index contributed by atoms with van der Waals surface area (Å²) < 4.78 is 5.23. The number of hydrogen-bond donors (Lipinski definition) is 4. The lowest BCUT2D eigenvalue weighted by Crippen LogP contribution is -2.54. The van der Waals surface area contributed by atoms with Crippen LogP contribution < -0.4 is 10.6 Å². The van der Waals surface area contributed by atoms with E-state index in [-0.39, 0.29) is 6.54 Å². The van der Waals surface area contributed by atoms with E-state index in [0.29, 0.717) is 11.3 Å². The van der Waals surface area contributed by atoms with Gasteiger partial charge >= 0.3 is 6.09 Å². The summed E-state index contributed by atoms with van der Waals surface area (Å²) in [6.45, 7) is 11.2. The minimum atomic E-state index is -1.39. The van der Waals surface area contributed by atoms with Gasteiger partial charge in [0.1, 0.15) is 17.7 Å². The van der Waals surface area contributed by atoms with Crippen LogP contribution in [0.5, 0.6) is 0 Å². The summed E-state index contributed by atoms with van der Waals surface area (Å²) in [4.78, 5) is 41.0. The van der Waals surface area contributed by atoms with Crippen molar-refractivity contribution in [2.24, 2.45) is 0 Å². The first-order valence-corrected chi connectivity index (χ1v) is 12.2. The minimum absolute atomic E-state index is 0.205. The van der Waals surface area contributed by atoms with Gasteiger partial charge in [0.2, 0.25) is 5.91 Å². The summed E-state index contributed by atoms with van der Waals surface area (Å²) in [6.07, 6.45) is -0.883. The van der Waals surface area contributed by atoms with Crippen LogP contribution in [-0.2, 0) is 14.3 Å². The number of nitrogens with zero attached hydrogens (tertiary/aromatic N) is 1. The number of para-hydroxylation sites is 1. The van der Waals surface area contributed by atoms with Gasteiger partial charge in [0.05, 0.1) is 13.2 Å². The van der Waals surface area contributed by atoms with E-state index in [9.17, 15) is 24.6 Å². The maximum absolute atomic E-state index is 13.8. The highest BCUT2D eigenvalue weighted by Gasteiger charge is 2.36. The molecule has 0 spiro atoms. The molecule has 202 valence electrons. The molecule has 4 N–H and O–H groups in total. The van der Waals surface area contributed by atoms with Crippen molar-refractivity contribution in [3.63, 3.8) is 0 Å². The number of anilines is 1. The van der Waals surface area contributed by atoms with E-state index < -0.39 is 48.8 Å². The van der Waals surface area contributed by atoms with Gasteiger partial charge in [0.25, 0.3) is 5.91 Å². The Balaban J connectivity index is 2.53. The highest BCUT2D eigenvalue weighted by molar-refractivity contribution is 6.00. The van der Waals surface area contributed by atoms with Crippen molar-refractivity contribution in [2.45, 2.75) is 66.2 Å². The van der Waals surface area contributed by atoms with Crippen molar-refractivity contribution >= 4 is 23.6 Å². The van der Waals surface area contributed by atoms with Crippen LogP contribution in [-0.4, -0.2) is 64.4 Å². The van der Waals surface area contributed by atoms with Crippen LogP contribution in [0.15, 0.2) is 36.4 Å². The van der Waals surface area contributed by atoms with Crippen LogP contribution in [0.1, 0.15) is 54.6 Å². The quantitative estimate of drug-likeness (QED) is 0.407. The third kappa shape index (κ3) is 8.30. The molecule has 0 aliphatic carbocycles. The lowest BCUT2D eigenvalue weighted by molar-refractivity contribution is -0.142. The molecule has 0 heterocycles. The predicted molar refractivity (Wildman–Crippen MR) is 142 cm³/mol. The third-order valence-electron chi connectivity index (χ3n) is 5.64. The smallest absolute Gasteiger partial charge is 0.408 e. The van der Waals surface area contributed by atoms with Crippen molar-refractivity contribution < 1.29 is 29.3 Å². The van der Waals surface area contributed by atoms with E-state index in [1.807, 2.05) is 52.0 Å². The maximum atomic E-state index is 13.8. The molecule has 0 saturated heterocycles. The normalized spacial score (nSPS) is 12.9. The number of rotatable bonds is 9. The number of hydrogen-bond acceptors (Lipinski definition) is 6. The molecule has 37 heavy (non-hydrogen) atoms. The lowest BCUT2D eigenvalue weighted by Gasteiger charge is -2.34. The van der Waals surface area contributed by atoms with E-state index in [1.54, 1.807) is 32.9 Å². The molecule has 2 atom stereocenters. The van der Waals surface area contributed by atoms with E-state index in [2.05, 4.69) is 10.6 Å².